The van der Waals surface area contributed by atoms with Crippen LogP contribution in [0.2, 0.25) is 0 Å². The Kier molecular flexibility index (Phi) is 10.5. The highest BCUT2D eigenvalue weighted by Crippen LogP contribution is 1.85. The molecule has 0 heterocycles. The van der Waals surface area contributed by atoms with E-state index in [0.717, 1.165) is 6.54 Å². The third kappa shape index (κ3) is 18.9. The summed E-state index contributed by atoms with van der Waals surface area (Å²) in [6.07, 6.45) is 2.42. The fraction of sp³-hybridized carbons (Fsp3) is 0.700. The van der Waals surface area contributed by atoms with Gasteiger partial charge in [-0.3, -0.25) is 9.35 Å². The Morgan fingerprint density at radius 2 is 1.94 bits per heavy atom. The fourth-order valence-corrected chi connectivity index (χ4v) is 1.21. The minimum atomic E-state index is -3.67. The van der Waals surface area contributed by atoms with Crippen LogP contribution in [-0.2, 0) is 14.9 Å². The van der Waals surface area contributed by atoms with Gasteiger partial charge in [0.1, 0.15) is 0 Å². The summed E-state index contributed by atoms with van der Waals surface area (Å²) in [7, 11) is 0.207. The van der Waals surface area contributed by atoms with Crippen molar-refractivity contribution >= 4 is 15.9 Å². The number of hydrogen-bond acceptors (Lipinski definition) is 4. The number of ketones is 1. The lowest BCUT2D eigenvalue weighted by Gasteiger charge is -2.05. The largest absolute Gasteiger partial charge is 0.309 e. The molecule has 0 aliphatic carbocycles. The van der Waals surface area contributed by atoms with Crippen LogP contribution < -0.4 is 0 Å². The van der Waals surface area contributed by atoms with Crippen molar-refractivity contribution in [3.05, 3.63) is 12.7 Å². The second-order valence-corrected chi connectivity index (χ2v) is 5.08. The molecule has 0 fully saturated rings. The Balaban J connectivity index is 0. The summed E-state index contributed by atoms with van der Waals surface area (Å²) in [6, 6.07) is 0. The first-order valence-corrected chi connectivity index (χ1v) is 6.59. The number of carbonyl (C=O) groups excluding carboxylic acids is 1. The van der Waals surface area contributed by atoms with Gasteiger partial charge in [0.05, 0.1) is 5.75 Å². The van der Waals surface area contributed by atoms with E-state index in [4.69, 9.17) is 4.55 Å². The summed E-state index contributed by atoms with van der Waals surface area (Å²) >= 11 is 0. The van der Waals surface area contributed by atoms with Crippen LogP contribution in [0.3, 0.4) is 0 Å². The molecule has 0 saturated carbocycles. The Bertz CT molecular complexity index is 296. The lowest BCUT2D eigenvalue weighted by Crippen LogP contribution is -2.15. The summed E-state index contributed by atoms with van der Waals surface area (Å²) < 4.78 is 27.6. The van der Waals surface area contributed by atoms with Gasteiger partial charge in [0.2, 0.25) is 0 Å². The maximum Gasteiger partial charge on any atom is 0.264 e. The highest BCUT2D eigenvalue weighted by Gasteiger charge is 1.98. The van der Waals surface area contributed by atoms with Crippen molar-refractivity contribution in [2.24, 2.45) is 0 Å². The predicted octanol–water partition coefficient (Wildman–Crippen LogP) is 0.977. The molecular formula is C10H21NO4S. The predicted molar refractivity (Wildman–Crippen MR) is 65.1 cm³/mol. The van der Waals surface area contributed by atoms with Gasteiger partial charge in [-0.1, -0.05) is 13.5 Å². The van der Waals surface area contributed by atoms with Gasteiger partial charge in [-0.2, -0.15) is 8.42 Å². The molecule has 0 unspecified atom stereocenters. The van der Waals surface area contributed by atoms with Crippen molar-refractivity contribution in [2.75, 3.05) is 26.4 Å². The minimum absolute atomic E-state index is 0.115. The van der Waals surface area contributed by atoms with E-state index in [1.165, 1.54) is 6.08 Å². The zero-order chi connectivity index (χ0) is 13.2. The molecule has 0 aromatic heterocycles. The first-order valence-electron chi connectivity index (χ1n) is 4.98. The van der Waals surface area contributed by atoms with Gasteiger partial charge >= 0.3 is 0 Å². The third-order valence-corrected chi connectivity index (χ3v) is 2.42. The van der Waals surface area contributed by atoms with Gasteiger partial charge in [-0.15, -0.1) is 0 Å². The van der Waals surface area contributed by atoms with Gasteiger partial charge in [-0.25, -0.2) is 0 Å². The molecule has 0 rings (SSSR count). The van der Waals surface area contributed by atoms with Crippen LogP contribution >= 0.6 is 0 Å². The average Bonchev–Trinajstić information content (AvgIpc) is 2.13. The topological polar surface area (TPSA) is 74.7 Å². The van der Waals surface area contributed by atoms with Crippen molar-refractivity contribution in [1.29, 1.82) is 0 Å². The number of nitrogens with zero attached hydrogens (tertiary/aromatic N) is 1. The Morgan fingerprint density at radius 3 is 2.12 bits per heavy atom. The van der Waals surface area contributed by atoms with Crippen LogP contribution in [0.5, 0.6) is 0 Å². The molecule has 0 amide bonds. The van der Waals surface area contributed by atoms with Crippen LogP contribution in [0.15, 0.2) is 12.7 Å². The molecule has 0 aliphatic heterocycles. The SMILES string of the molecule is C=CC(=O)CCN(C)C.CCCS(=O)(=O)O. The van der Waals surface area contributed by atoms with E-state index >= 15 is 0 Å². The quantitative estimate of drug-likeness (QED) is 0.562. The van der Waals surface area contributed by atoms with E-state index in [0.29, 0.717) is 12.8 Å². The van der Waals surface area contributed by atoms with Gasteiger partial charge in [0.15, 0.2) is 5.78 Å². The summed E-state index contributed by atoms with van der Waals surface area (Å²) in [5.41, 5.74) is 0. The van der Waals surface area contributed by atoms with Crippen molar-refractivity contribution in [3.63, 3.8) is 0 Å². The Labute approximate surface area is 97.9 Å². The molecule has 5 nitrogen and oxygen atoms in total. The summed E-state index contributed by atoms with van der Waals surface area (Å²) in [5.74, 6) is -0.0174. The van der Waals surface area contributed by atoms with E-state index in [1.807, 2.05) is 19.0 Å². The van der Waals surface area contributed by atoms with E-state index in [1.54, 1.807) is 6.92 Å². The van der Waals surface area contributed by atoms with Gasteiger partial charge in [-0.05, 0) is 26.6 Å². The van der Waals surface area contributed by atoms with Crippen LogP contribution in [0.4, 0.5) is 0 Å². The first kappa shape index (κ1) is 17.7. The molecular weight excluding hydrogens is 230 g/mol. The maximum atomic E-state index is 10.6. The zero-order valence-corrected chi connectivity index (χ0v) is 11.0. The molecule has 96 valence electrons. The minimum Gasteiger partial charge on any atom is -0.309 e. The number of allylic oxidation sites excluding steroid dienone is 1. The van der Waals surface area contributed by atoms with E-state index in [9.17, 15) is 13.2 Å². The Hall–Kier alpha value is -0.720. The summed E-state index contributed by atoms with van der Waals surface area (Å²) in [6.45, 7) is 5.87. The smallest absolute Gasteiger partial charge is 0.264 e. The van der Waals surface area contributed by atoms with Crippen molar-refractivity contribution < 1.29 is 17.8 Å². The summed E-state index contributed by atoms with van der Waals surface area (Å²) in [4.78, 5) is 12.5. The zero-order valence-electron chi connectivity index (χ0n) is 10.1. The molecule has 0 atom stereocenters. The third-order valence-electron chi connectivity index (χ3n) is 1.50. The maximum absolute atomic E-state index is 10.6. The van der Waals surface area contributed by atoms with E-state index < -0.39 is 10.1 Å². The van der Waals surface area contributed by atoms with Crippen LogP contribution in [0, 0.1) is 0 Å². The van der Waals surface area contributed by atoms with Crippen molar-refractivity contribution in [3.8, 4) is 0 Å². The van der Waals surface area contributed by atoms with E-state index in [-0.39, 0.29) is 11.5 Å². The molecule has 0 bridgehead atoms. The standard InChI is InChI=1S/C7H13NO.C3H8O3S/c1-4-7(9)5-6-8(2)3;1-2-3-7(4,5)6/h4H,1,5-6H2,2-3H3;2-3H2,1H3,(H,4,5,6). The lowest BCUT2D eigenvalue weighted by molar-refractivity contribution is -0.114. The number of carbonyl (C=O) groups is 1. The molecule has 0 aromatic rings. The fourth-order valence-electron chi connectivity index (χ4n) is 0.694. The molecule has 1 N–H and O–H groups in total. The normalized spacial score (nSPS) is 10.6. The summed E-state index contributed by atoms with van der Waals surface area (Å²) in [5, 5.41) is 0. The van der Waals surface area contributed by atoms with Gasteiger partial charge < -0.3 is 4.90 Å². The second kappa shape index (κ2) is 9.50. The molecule has 16 heavy (non-hydrogen) atoms. The monoisotopic (exact) mass is 251 g/mol. The highest BCUT2D eigenvalue weighted by atomic mass is 32.2. The van der Waals surface area contributed by atoms with Crippen molar-refractivity contribution in [2.45, 2.75) is 19.8 Å². The number of rotatable bonds is 6. The van der Waals surface area contributed by atoms with Crippen molar-refractivity contribution in [1.82, 2.24) is 4.90 Å². The Morgan fingerprint density at radius 1 is 1.44 bits per heavy atom. The molecule has 0 saturated heterocycles. The van der Waals surface area contributed by atoms with E-state index in [2.05, 4.69) is 6.58 Å². The van der Waals surface area contributed by atoms with Crippen LogP contribution in [0.25, 0.3) is 0 Å². The lowest BCUT2D eigenvalue weighted by atomic mass is 10.3. The molecule has 0 aromatic carbocycles. The molecule has 0 radical (unpaired) electrons. The average molecular weight is 251 g/mol. The number of hydrogen-bond donors (Lipinski definition) is 1. The first-order chi connectivity index (χ1) is 7.22. The van der Waals surface area contributed by atoms with Crippen LogP contribution in [0.1, 0.15) is 19.8 Å². The van der Waals surface area contributed by atoms with Gasteiger partial charge in [0.25, 0.3) is 10.1 Å². The van der Waals surface area contributed by atoms with Crippen LogP contribution in [-0.4, -0.2) is 50.0 Å². The highest BCUT2D eigenvalue weighted by molar-refractivity contribution is 7.85. The second-order valence-electron chi connectivity index (χ2n) is 3.51. The molecule has 0 spiro atoms. The molecule has 6 heteroatoms. The molecule has 0 aliphatic rings. The van der Waals surface area contributed by atoms with Gasteiger partial charge in [0, 0.05) is 13.0 Å².